The summed E-state index contributed by atoms with van der Waals surface area (Å²) in [5.41, 5.74) is 0. The molecule has 0 saturated carbocycles. The van der Waals surface area contributed by atoms with Crippen molar-refractivity contribution < 1.29 is 18.3 Å². The molecular formula is C7H15NO4S. The lowest BCUT2D eigenvalue weighted by Crippen LogP contribution is -2.48. The summed E-state index contributed by atoms with van der Waals surface area (Å²) in [6.07, 6.45) is 1.62. The van der Waals surface area contributed by atoms with Gasteiger partial charge in [-0.1, -0.05) is 0 Å². The van der Waals surface area contributed by atoms with Gasteiger partial charge >= 0.3 is 0 Å². The van der Waals surface area contributed by atoms with E-state index in [1.165, 1.54) is 10.6 Å². The SMILES string of the molecule is CS(=O)(=O)N1CCOCC1CCO. The first kappa shape index (κ1) is 10.9. The number of aliphatic hydroxyl groups excluding tert-OH is 1. The van der Waals surface area contributed by atoms with Crippen LogP contribution in [0.15, 0.2) is 0 Å². The smallest absolute Gasteiger partial charge is 0.211 e. The van der Waals surface area contributed by atoms with Crippen LogP contribution in [0.5, 0.6) is 0 Å². The Morgan fingerprint density at radius 1 is 1.62 bits per heavy atom. The predicted molar refractivity (Wildman–Crippen MR) is 47.9 cm³/mol. The highest BCUT2D eigenvalue weighted by molar-refractivity contribution is 7.88. The zero-order valence-electron chi connectivity index (χ0n) is 7.64. The van der Waals surface area contributed by atoms with Crippen molar-refractivity contribution in [2.24, 2.45) is 0 Å². The molecule has 78 valence electrons. The van der Waals surface area contributed by atoms with Crippen molar-refractivity contribution in [2.75, 3.05) is 32.6 Å². The minimum absolute atomic E-state index is 0.0138. The van der Waals surface area contributed by atoms with Gasteiger partial charge in [0.05, 0.1) is 25.5 Å². The van der Waals surface area contributed by atoms with Crippen LogP contribution in [-0.2, 0) is 14.8 Å². The van der Waals surface area contributed by atoms with Crippen molar-refractivity contribution in [1.82, 2.24) is 4.31 Å². The molecule has 1 atom stereocenters. The molecule has 1 unspecified atom stereocenters. The molecule has 0 aliphatic carbocycles. The van der Waals surface area contributed by atoms with Crippen molar-refractivity contribution >= 4 is 10.0 Å². The standard InChI is InChI=1S/C7H15NO4S/c1-13(10,11)8-3-5-12-6-7(8)2-4-9/h7,9H,2-6H2,1H3. The number of rotatable bonds is 3. The maximum Gasteiger partial charge on any atom is 0.211 e. The van der Waals surface area contributed by atoms with Gasteiger partial charge in [-0.3, -0.25) is 0 Å². The number of morpholine rings is 1. The Labute approximate surface area is 78.4 Å². The second-order valence-corrected chi connectivity index (χ2v) is 5.05. The summed E-state index contributed by atoms with van der Waals surface area (Å²) in [5, 5.41) is 8.72. The monoisotopic (exact) mass is 209 g/mol. The van der Waals surface area contributed by atoms with Crippen molar-refractivity contribution in [3.63, 3.8) is 0 Å². The van der Waals surface area contributed by atoms with Gasteiger partial charge in [-0.15, -0.1) is 0 Å². The molecule has 0 aromatic carbocycles. The quantitative estimate of drug-likeness (QED) is 0.649. The summed E-state index contributed by atoms with van der Waals surface area (Å²) in [7, 11) is -3.16. The molecule has 0 spiro atoms. The van der Waals surface area contributed by atoms with E-state index in [-0.39, 0.29) is 12.6 Å². The van der Waals surface area contributed by atoms with E-state index in [4.69, 9.17) is 9.84 Å². The van der Waals surface area contributed by atoms with Crippen LogP contribution in [0, 0.1) is 0 Å². The van der Waals surface area contributed by atoms with Gasteiger partial charge in [-0.25, -0.2) is 8.42 Å². The van der Waals surface area contributed by atoms with Gasteiger partial charge in [0.15, 0.2) is 0 Å². The third-order valence-electron chi connectivity index (χ3n) is 2.06. The van der Waals surface area contributed by atoms with E-state index in [0.717, 1.165) is 0 Å². The van der Waals surface area contributed by atoms with Crippen LogP contribution in [-0.4, -0.2) is 56.5 Å². The number of ether oxygens (including phenoxy) is 1. The number of nitrogens with zero attached hydrogens (tertiary/aromatic N) is 1. The van der Waals surface area contributed by atoms with Crippen molar-refractivity contribution in [3.05, 3.63) is 0 Å². The van der Waals surface area contributed by atoms with Crippen LogP contribution in [0.3, 0.4) is 0 Å². The average molecular weight is 209 g/mol. The first-order valence-corrected chi connectivity index (χ1v) is 6.06. The molecular weight excluding hydrogens is 194 g/mol. The summed E-state index contributed by atoms with van der Waals surface area (Å²) in [4.78, 5) is 0. The Hall–Kier alpha value is -0.170. The third kappa shape index (κ3) is 2.91. The third-order valence-corrected chi connectivity index (χ3v) is 3.39. The molecule has 1 saturated heterocycles. The molecule has 0 radical (unpaired) electrons. The first-order valence-electron chi connectivity index (χ1n) is 4.21. The molecule has 1 rings (SSSR count). The lowest BCUT2D eigenvalue weighted by Gasteiger charge is -2.33. The van der Waals surface area contributed by atoms with Crippen LogP contribution in [0.1, 0.15) is 6.42 Å². The van der Waals surface area contributed by atoms with Gasteiger partial charge in [0.1, 0.15) is 0 Å². The molecule has 1 aliphatic rings. The summed E-state index contributed by atoms with van der Waals surface area (Å²) in [5.74, 6) is 0. The Balaban J connectivity index is 2.67. The van der Waals surface area contributed by atoms with E-state index >= 15 is 0 Å². The van der Waals surface area contributed by atoms with Gasteiger partial charge in [0, 0.05) is 13.2 Å². The number of hydrogen-bond donors (Lipinski definition) is 1. The number of sulfonamides is 1. The van der Waals surface area contributed by atoms with E-state index in [2.05, 4.69) is 0 Å². The molecule has 0 amide bonds. The summed E-state index contributed by atoms with van der Waals surface area (Å²) in [6, 6.07) is -0.200. The van der Waals surface area contributed by atoms with Crippen LogP contribution in [0.4, 0.5) is 0 Å². The average Bonchev–Trinajstić information content (AvgIpc) is 2.04. The topological polar surface area (TPSA) is 66.8 Å². The summed E-state index contributed by atoms with van der Waals surface area (Å²) >= 11 is 0. The second-order valence-electron chi connectivity index (χ2n) is 3.11. The molecule has 1 aliphatic heterocycles. The fourth-order valence-electron chi connectivity index (χ4n) is 1.45. The number of aliphatic hydroxyl groups is 1. The molecule has 0 aromatic rings. The van der Waals surface area contributed by atoms with Gasteiger partial charge in [0.2, 0.25) is 10.0 Å². The fourth-order valence-corrected chi connectivity index (χ4v) is 2.57. The maximum atomic E-state index is 11.3. The lowest BCUT2D eigenvalue weighted by atomic mass is 10.2. The number of hydrogen-bond acceptors (Lipinski definition) is 4. The van der Waals surface area contributed by atoms with Gasteiger partial charge in [-0.2, -0.15) is 4.31 Å². The minimum Gasteiger partial charge on any atom is -0.396 e. The molecule has 0 bridgehead atoms. The summed E-state index contributed by atoms with van der Waals surface area (Å²) < 4.78 is 29.1. The Morgan fingerprint density at radius 2 is 2.31 bits per heavy atom. The van der Waals surface area contributed by atoms with Crippen molar-refractivity contribution in [1.29, 1.82) is 0 Å². The van der Waals surface area contributed by atoms with Crippen LogP contribution in [0.25, 0.3) is 0 Å². The van der Waals surface area contributed by atoms with Crippen LogP contribution < -0.4 is 0 Å². The molecule has 6 heteroatoms. The van der Waals surface area contributed by atoms with Gasteiger partial charge in [0.25, 0.3) is 0 Å². The highest BCUT2D eigenvalue weighted by Gasteiger charge is 2.29. The molecule has 1 fully saturated rings. The molecule has 5 nitrogen and oxygen atoms in total. The highest BCUT2D eigenvalue weighted by atomic mass is 32.2. The Kier molecular flexibility index (Phi) is 3.66. The van der Waals surface area contributed by atoms with E-state index < -0.39 is 10.0 Å². The molecule has 13 heavy (non-hydrogen) atoms. The molecule has 0 aromatic heterocycles. The van der Waals surface area contributed by atoms with E-state index in [9.17, 15) is 8.42 Å². The van der Waals surface area contributed by atoms with Gasteiger partial charge < -0.3 is 9.84 Å². The molecule has 1 heterocycles. The predicted octanol–water partition coefficient (Wildman–Crippen LogP) is -0.971. The second kappa shape index (κ2) is 4.36. The Bertz CT molecular complexity index is 249. The zero-order chi connectivity index (χ0) is 9.90. The molecule has 1 N–H and O–H groups in total. The summed E-state index contributed by atoms with van der Waals surface area (Å²) in [6.45, 7) is 1.20. The van der Waals surface area contributed by atoms with E-state index in [1.54, 1.807) is 0 Å². The Morgan fingerprint density at radius 3 is 2.85 bits per heavy atom. The minimum atomic E-state index is -3.16. The van der Waals surface area contributed by atoms with Gasteiger partial charge in [-0.05, 0) is 6.42 Å². The zero-order valence-corrected chi connectivity index (χ0v) is 8.46. The van der Waals surface area contributed by atoms with Crippen LogP contribution >= 0.6 is 0 Å². The fraction of sp³-hybridized carbons (Fsp3) is 1.00. The first-order chi connectivity index (χ1) is 6.05. The largest absolute Gasteiger partial charge is 0.396 e. The maximum absolute atomic E-state index is 11.3. The lowest BCUT2D eigenvalue weighted by molar-refractivity contribution is 0.0240. The van der Waals surface area contributed by atoms with E-state index in [1.807, 2.05) is 0 Å². The van der Waals surface area contributed by atoms with E-state index in [0.29, 0.717) is 26.2 Å². The van der Waals surface area contributed by atoms with Crippen molar-refractivity contribution in [2.45, 2.75) is 12.5 Å². The van der Waals surface area contributed by atoms with Crippen molar-refractivity contribution in [3.8, 4) is 0 Å². The normalized spacial score (nSPS) is 26.2. The highest BCUT2D eigenvalue weighted by Crippen LogP contribution is 2.13. The van der Waals surface area contributed by atoms with Crippen LogP contribution in [0.2, 0.25) is 0 Å².